The number of carbonyl (C=O) groups excluding carboxylic acids is 4. The quantitative estimate of drug-likeness (QED) is 0.360. The lowest BCUT2D eigenvalue weighted by molar-refractivity contribution is -0.265. The van der Waals surface area contributed by atoms with Crippen LogP contribution >= 0.6 is 0 Å². The van der Waals surface area contributed by atoms with E-state index in [-0.39, 0.29) is 42.3 Å². The average molecular weight is 538 g/mol. The first kappa shape index (κ1) is 27.4. The summed E-state index contributed by atoms with van der Waals surface area (Å²) < 4.78 is 0. The number of allylic oxidation sites excluding steroid dienone is 4. The number of aliphatic hydroxyl groups is 3. The molecule has 8 atom stereocenters. The number of Topliss-reactive ketones (excluding diaryl/α,β-unsaturated/α-hetero) is 2. The lowest BCUT2D eigenvalue weighted by Gasteiger charge is -2.66. The molecule has 39 heavy (non-hydrogen) atoms. The number of hydrogen-bond donors (Lipinski definition) is 5. The van der Waals surface area contributed by atoms with Crippen molar-refractivity contribution in [2.24, 2.45) is 40.2 Å². The summed E-state index contributed by atoms with van der Waals surface area (Å²) in [5, 5.41) is 46.0. The number of fused-ring (bicyclic) bond motifs is 3. The number of phenols is 1. The maximum Gasteiger partial charge on any atom is 0.230 e. The summed E-state index contributed by atoms with van der Waals surface area (Å²) in [4.78, 5) is 51.9. The van der Waals surface area contributed by atoms with E-state index < -0.39 is 63.9 Å². The van der Waals surface area contributed by atoms with Gasteiger partial charge in [-0.1, -0.05) is 45.9 Å². The van der Waals surface area contributed by atoms with Crippen molar-refractivity contribution in [2.75, 3.05) is 0 Å². The third kappa shape index (κ3) is 3.49. The fourth-order valence-corrected chi connectivity index (χ4v) is 8.53. The van der Waals surface area contributed by atoms with Crippen LogP contribution < -0.4 is 5.73 Å². The van der Waals surface area contributed by atoms with Crippen molar-refractivity contribution >= 4 is 28.8 Å². The molecule has 2 unspecified atom stereocenters. The Balaban J connectivity index is 1.71. The van der Waals surface area contributed by atoms with Gasteiger partial charge in [0.2, 0.25) is 5.91 Å². The number of hydrogen-bond acceptors (Lipinski definition) is 8. The minimum Gasteiger partial charge on any atom is -0.507 e. The van der Waals surface area contributed by atoms with Gasteiger partial charge < -0.3 is 26.2 Å². The molecule has 6 N–H and O–H groups in total. The molecule has 1 amide bonds. The minimum atomic E-state index is -2.54. The first-order valence-corrected chi connectivity index (χ1v) is 13.3. The van der Waals surface area contributed by atoms with Crippen molar-refractivity contribution in [1.82, 2.24) is 0 Å². The molecule has 4 aliphatic carbocycles. The maximum atomic E-state index is 14.1. The van der Waals surface area contributed by atoms with E-state index in [9.17, 15) is 39.6 Å². The largest absolute Gasteiger partial charge is 0.507 e. The van der Waals surface area contributed by atoms with Crippen LogP contribution in [0.4, 0.5) is 0 Å². The third-order valence-corrected chi connectivity index (χ3v) is 9.95. The van der Waals surface area contributed by atoms with Crippen molar-refractivity contribution in [1.29, 1.82) is 0 Å². The van der Waals surface area contributed by atoms with Gasteiger partial charge in [0.1, 0.15) is 17.8 Å². The molecular weight excluding hydrogens is 502 g/mol. The summed E-state index contributed by atoms with van der Waals surface area (Å²) in [6.07, 6.45) is 2.00. The van der Waals surface area contributed by atoms with E-state index in [0.717, 1.165) is 5.57 Å². The van der Waals surface area contributed by atoms with E-state index in [1.807, 2.05) is 6.92 Å². The minimum absolute atomic E-state index is 0.00239. The molecule has 9 heteroatoms. The molecule has 1 aromatic carbocycles. The zero-order valence-electron chi connectivity index (χ0n) is 22.5. The highest BCUT2D eigenvalue weighted by atomic mass is 16.4. The second kappa shape index (κ2) is 8.68. The van der Waals surface area contributed by atoms with Gasteiger partial charge in [0, 0.05) is 11.8 Å². The monoisotopic (exact) mass is 537 g/mol. The van der Waals surface area contributed by atoms with E-state index in [4.69, 9.17) is 5.73 Å². The Labute approximate surface area is 226 Å². The summed E-state index contributed by atoms with van der Waals surface area (Å²) in [6.45, 7) is 7.04. The number of primary amides is 1. The predicted molar refractivity (Wildman–Crippen MR) is 140 cm³/mol. The topological polar surface area (TPSA) is 175 Å². The van der Waals surface area contributed by atoms with Gasteiger partial charge in [0.15, 0.2) is 23.0 Å². The molecule has 1 aromatic rings. The summed E-state index contributed by atoms with van der Waals surface area (Å²) in [5.41, 5.74) is 2.52. The van der Waals surface area contributed by atoms with Crippen LogP contribution in [0.3, 0.4) is 0 Å². The van der Waals surface area contributed by atoms with Gasteiger partial charge in [-0.05, 0) is 58.9 Å². The van der Waals surface area contributed by atoms with Crippen molar-refractivity contribution in [3.63, 3.8) is 0 Å². The molecular formula is C30H35NO8. The first-order chi connectivity index (χ1) is 18.1. The number of benzene rings is 1. The van der Waals surface area contributed by atoms with Gasteiger partial charge in [-0.2, -0.15) is 0 Å². The molecule has 0 saturated heterocycles. The molecule has 2 saturated carbocycles. The van der Waals surface area contributed by atoms with Crippen molar-refractivity contribution in [3.05, 3.63) is 47.1 Å². The van der Waals surface area contributed by atoms with Crippen LogP contribution in [-0.2, 0) is 20.8 Å². The van der Waals surface area contributed by atoms with E-state index in [0.29, 0.717) is 11.1 Å². The fourth-order valence-electron chi connectivity index (χ4n) is 8.53. The zero-order valence-corrected chi connectivity index (χ0v) is 22.5. The molecule has 0 aromatic heterocycles. The van der Waals surface area contributed by atoms with Crippen LogP contribution in [0.15, 0.2) is 30.4 Å². The molecule has 0 aliphatic heterocycles. The van der Waals surface area contributed by atoms with Crippen LogP contribution in [0, 0.1) is 34.5 Å². The van der Waals surface area contributed by atoms with E-state index in [1.165, 1.54) is 12.1 Å². The molecule has 0 heterocycles. The van der Waals surface area contributed by atoms with Crippen molar-refractivity contribution < 1.29 is 39.6 Å². The van der Waals surface area contributed by atoms with Crippen LogP contribution in [0.5, 0.6) is 5.75 Å². The second-order valence-electron chi connectivity index (χ2n) is 12.6. The van der Waals surface area contributed by atoms with Crippen LogP contribution in [-0.4, -0.2) is 61.5 Å². The highest BCUT2D eigenvalue weighted by molar-refractivity contribution is 6.10. The van der Waals surface area contributed by atoms with Crippen molar-refractivity contribution in [2.45, 2.75) is 64.8 Å². The van der Waals surface area contributed by atoms with Gasteiger partial charge in [-0.15, -0.1) is 0 Å². The Morgan fingerprint density at radius 1 is 1.10 bits per heavy atom. The summed E-state index contributed by atoms with van der Waals surface area (Å²) in [7, 11) is 0. The van der Waals surface area contributed by atoms with Gasteiger partial charge in [-0.3, -0.25) is 19.2 Å². The highest BCUT2D eigenvalue weighted by Gasteiger charge is 2.75. The number of nitrogens with two attached hydrogens (primary N) is 1. The Kier molecular flexibility index (Phi) is 6.10. The third-order valence-electron chi connectivity index (χ3n) is 9.95. The highest BCUT2D eigenvalue weighted by Crippen LogP contribution is 2.65. The molecule has 208 valence electrons. The molecule has 9 nitrogen and oxygen atoms in total. The molecule has 5 rings (SSSR count). The number of phenolic OH excluding ortho intramolecular Hbond substituents is 1. The predicted octanol–water partition coefficient (Wildman–Crippen LogP) is 1.49. The van der Waals surface area contributed by atoms with Crippen molar-refractivity contribution in [3.8, 4) is 5.75 Å². The number of carbonyl (C=O) groups is 4. The van der Waals surface area contributed by atoms with E-state index in [2.05, 4.69) is 0 Å². The number of amides is 1. The standard InChI is InChI=1S/C30H35NO8/c1-13(2)21-24(35)20(27(31)38)25(36)30(39)26(37)22-23(34)19-17(11-28(22,3)12-29(21,30)4)16(9-10-18(19)33)14-5-7-15(32)8-6-14/h5-7,9-10,13,20-22,24,26,33,35,37,39H,8,11-12H2,1-4H3,(H2,31,38)/t20-,21+,22-,24?,26?,28-,29-,30+/m1/s1. The number of aliphatic hydroxyl groups excluding tert-OH is 2. The second-order valence-corrected chi connectivity index (χ2v) is 12.6. The molecule has 4 aliphatic rings. The molecule has 2 fully saturated rings. The Morgan fingerprint density at radius 2 is 1.77 bits per heavy atom. The molecule has 0 bridgehead atoms. The summed E-state index contributed by atoms with van der Waals surface area (Å²) in [6, 6.07) is 3.07. The van der Waals surface area contributed by atoms with Gasteiger partial charge >= 0.3 is 0 Å². The Hall–Kier alpha value is -3.14. The normalized spacial score (nSPS) is 39.6. The number of rotatable bonds is 3. The molecule has 0 radical (unpaired) electrons. The Morgan fingerprint density at radius 3 is 2.33 bits per heavy atom. The van der Waals surface area contributed by atoms with Gasteiger partial charge in [0.25, 0.3) is 0 Å². The number of aromatic hydroxyl groups is 1. The first-order valence-electron chi connectivity index (χ1n) is 13.3. The SMILES string of the molecule is CC(C)[C@H]1C(O)[C@@H](C(N)=O)C(=O)[C@]2(O)C(O)[C@H]3C(=O)c4c(O)ccc(C5=CCC(=O)C=C5)c4C[C@]3(C)C[C@]12C. The lowest BCUT2D eigenvalue weighted by atomic mass is 9.39. The average Bonchev–Trinajstić information content (AvgIpc) is 2.82. The lowest BCUT2D eigenvalue weighted by Crippen LogP contribution is -2.79. The van der Waals surface area contributed by atoms with Gasteiger partial charge in [0.05, 0.1) is 17.6 Å². The summed E-state index contributed by atoms with van der Waals surface area (Å²) in [5.74, 6) is -7.29. The smallest absolute Gasteiger partial charge is 0.230 e. The van der Waals surface area contributed by atoms with E-state index in [1.54, 1.807) is 39.0 Å². The van der Waals surface area contributed by atoms with Crippen LogP contribution in [0.2, 0.25) is 0 Å². The maximum absolute atomic E-state index is 14.1. The Bertz CT molecular complexity index is 1380. The van der Waals surface area contributed by atoms with Gasteiger partial charge in [-0.25, -0.2) is 0 Å². The molecule has 0 spiro atoms. The number of ketones is 3. The summed E-state index contributed by atoms with van der Waals surface area (Å²) >= 11 is 0. The fraction of sp³-hybridized carbons (Fsp3) is 0.533. The van der Waals surface area contributed by atoms with Crippen LogP contribution in [0.25, 0.3) is 5.57 Å². The zero-order chi connectivity index (χ0) is 28.8. The van der Waals surface area contributed by atoms with Crippen LogP contribution in [0.1, 0.15) is 62.0 Å². The van der Waals surface area contributed by atoms with E-state index >= 15 is 0 Å².